The molecule has 1 aromatic carbocycles. The van der Waals surface area contributed by atoms with Gasteiger partial charge in [-0.25, -0.2) is 22.2 Å². The quantitative estimate of drug-likeness (QED) is 0.310. The highest BCUT2D eigenvalue weighted by atomic mass is 32.2. The Hall–Kier alpha value is -4.40. The van der Waals surface area contributed by atoms with Crippen LogP contribution in [0.25, 0.3) is 11.3 Å². The van der Waals surface area contributed by atoms with E-state index < -0.39 is 32.1 Å². The third kappa shape index (κ3) is 4.97. The van der Waals surface area contributed by atoms with Crippen LogP contribution in [0.1, 0.15) is 46.9 Å². The van der Waals surface area contributed by atoms with Crippen LogP contribution in [0, 0.1) is 18.6 Å². The van der Waals surface area contributed by atoms with Gasteiger partial charge in [-0.2, -0.15) is 15.2 Å². The topological polar surface area (TPSA) is 142 Å². The van der Waals surface area contributed by atoms with Gasteiger partial charge in [-0.1, -0.05) is 0 Å². The van der Waals surface area contributed by atoms with E-state index in [0.717, 1.165) is 53.8 Å². The first-order chi connectivity index (χ1) is 19.9. The van der Waals surface area contributed by atoms with Crippen LogP contribution in [0.15, 0.2) is 29.3 Å². The summed E-state index contributed by atoms with van der Waals surface area (Å²) < 4.78 is 56.0. The summed E-state index contributed by atoms with van der Waals surface area (Å²) in [6, 6.07) is 3.31. The van der Waals surface area contributed by atoms with E-state index in [1.165, 1.54) is 11.7 Å². The number of rotatable bonds is 8. The average Bonchev–Trinajstić information content (AvgIpc) is 3.52. The zero-order valence-corrected chi connectivity index (χ0v) is 24.3. The van der Waals surface area contributed by atoms with Crippen LogP contribution in [-0.2, 0) is 16.9 Å². The average molecular weight is 598 g/mol. The minimum absolute atomic E-state index is 0.0802. The van der Waals surface area contributed by atoms with Crippen molar-refractivity contribution in [2.45, 2.75) is 37.0 Å². The van der Waals surface area contributed by atoms with E-state index in [1.807, 2.05) is 6.92 Å². The van der Waals surface area contributed by atoms with Crippen LogP contribution in [-0.4, -0.2) is 75.6 Å². The summed E-state index contributed by atoms with van der Waals surface area (Å²) in [4.78, 5) is 25.3. The van der Waals surface area contributed by atoms with Crippen molar-refractivity contribution in [1.82, 2.24) is 34.8 Å². The van der Waals surface area contributed by atoms with Gasteiger partial charge in [0, 0.05) is 50.8 Å². The molecule has 12 nitrogen and oxygen atoms in total. The van der Waals surface area contributed by atoms with Gasteiger partial charge in [0.1, 0.15) is 17.2 Å². The van der Waals surface area contributed by atoms with Gasteiger partial charge in [0.2, 0.25) is 5.95 Å². The molecular weight excluding hydrogens is 568 g/mol. The standard InChI is InChI=1S/C27H29F2N9O3S/c1-14-10-20(35-34-14)31-25-21(15-6-7-15)22(17-13-30-37(3)23(17)26(39)38-8-5-9-38)32-27(33-25)36(2)24-18(28)11-16(12-19(24)29)42(4,40)41/h10-13,15H,5-9H2,1-4H3,(H2,31,32,33,34,35). The molecule has 1 saturated carbocycles. The highest BCUT2D eigenvalue weighted by molar-refractivity contribution is 7.90. The van der Waals surface area contributed by atoms with E-state index in [4.69, 9.17) is 4.98 Å². The van der Waals surface area contributed by atoms with Gasteiger partial charge in [0.25, 0.3) is 5.91 Å². The summed E-state index contributed by atoms with van der Waals surface area (Å²) in [5.41, 5.74) is 2.25. The van der Waals surface area contributed by atoms with E-state index in [2.05, 4.69) is 25.6 Å². The lowest BCUT2D eigenvalue weighted by Gasteiger charge is -2.31. The lowest BCUT2D eigenvalue weighted by molar-refractivity contribution is 0.0641. The van der Waals surface area contributed by atoms with Crippen molar-refractivity contribution in [3.8, 4) is 11.3 Å². The number of carbonyl (C=O) groups excluding carboxylic acids is 1. The maximum atomic E-state index is 15.3. The Morgan fingerprint density at radius 3 is 2.38 bits per heavy atom. The summed E-state index contributed by atoms with van der Waals surface area (Å²) in [5, 5.41) is 14.7. The molecule has 4 aromatic rings. The molecule has 6 rings (SSSR count). The zero-order valence-electron chi connectivity index (χ0n) is 23.4. The van der Waals surface area contributed by atoms with Crippen LogP contribution in [0.3, 0.4) is 0 Å². The largest absolute Gasteiger partial charge is 0.337 e. The van der Waals surface area contributed by atoms with Crippen molar-refractivity contribution in [3.63, 3.8) is 0 Å². The van der Waals surface area contributed by atoms with Crippen molar-refractivity contribution < 1.29 is 22.0 Å². The zero-order chi connectivity index (χ0) is 29.9. The number of halogens is 2. The summed E-state index contributed by atoms with van der Waals surface area (Å²) in [6.45, 7) is 3.13. The second-order valence-corrected chi connectivity index (χ2v) is 12.7. The molecule has 220 valence electrons. The van der Waals surface area contributed by atoms with Crippen molar-refractivity contribution in [1.29, 1.82) is 0 Å². The van der Waals surface area contributed by atoms with Gasteiger partial charge in [0.15, 0.2) is 27.3 Å². The third-order valence-corrected chi connectivity index (χ3v) is 8.56. The fourth-order valence-corrected chi connectivity index (χ4v) is 5.62. The fourth-order valence-electron chi connectivity index (χ4n) is 4.98. The Balaban J connectivity index is 1.55. The molecular formula is C27H29F2N9O3S. The first kappa shape index (κ1) is 27.8. The predicted molar refractivity (Wildman–Crippen MR) is 151 cm³/mol. The lowest BCUT2D eigenvalue weighted by Crippen LogP contribution is -2.43. The number of likely N-dealkylation sites (tertiary alicyclic amines) is 1. The smallest absolute Gasteiger partial charge is 0.272 e. The van der Waals surface area contributed by atoms with Gasteiger partial charge in [0.05, 0.1) is 22.3 Å². The summed E-state index contributed by atoms with van der Waals surface area (Å²) in [6.07, 6.45) is 5.09. The number of aryl methyl sites for hydroxylation is 2. The van der Waals surface area contributed by atoms with Gasteiger partial charge < -0.3 is 15.1 Å². The molecule has 0 radical (unpaired) electrons. The second kappa shape index (κ2) is 10.2. The van der Waals surface area contributed by atoms with Gasteiger partial charge in [-0.05, 0) is 44.2 Å². The van der Waals surface area contributed by atoms with Crippen LogP contribution < -0.4 is 10.2 Å². The molecule has 1 saturated heterocycles. The van der Waals surface area contributed by atoms with Crippen molar-refractivity contribution in [3.05, 3.63) is 53.0 Å². The first-order valence-corrected chi connectivity index (χ1v) is 15.3. The maximum absolute atomic E-state index is 15.3. The van der Waals surface area contributed by atoms with Crippen molar-refractivity contribution >= 4 is 39.0 Å². The Bertz CT molecular complexity index is 1800. The van der Waals surface area contributed by atoms with E-state index in [9.17, 15) is 13.2 Å². The number of carbonyl (C=O) groups is 1. The molecule has 4 heterocycles. The van der Waals surface area contributed by atoms with E-state index in [0.29, 0.717) is 41.7 Å². The van der Waals surface area contributed by atoms with E-state index in [1.54, 1.807) is 24.2 Å². The summed E-state index contributed by atoms with van der Waals surface area (Å²) >= 11 is 0. The van der Waals surface area contributed by atoms with Gasteiger partial charge in [-0.15, -0.1) is 0 Å². The number of hydrogen-bond acceptors (Lipinski definition) is 9. The number of nitrogens with zero attached hydrogens (tertiary/aromatic N) is 7. The minimum atomic E-state index is -3.86. The fraction of sp³-hybridized carbons (Fsp3) is 0.370. The molecule has 3 aromatic heterocycles. The van der Waals surface area contributed by atoms with Gasteiger partial charge in [-0.3, -0.25) is 14.6 Å². The number of nitrogens with one attached hydrogen (secondary N) is 2. The SMILES string of the molecule is Cc1cc(Nc2nc(N(C)c3c(F)cc(S(C)(=O)=O)cc3F)nc(-c3cnn(C)c3C(=O)N3CCC3)c2C2CC2)n[nH]1. The lowest BCUT2D eigenvalue weighted by atomic mass is 10.0. The molecule has 2 fully saturated rings. The van der Waals surface area contributed by atoms with Crippen LogP contribution >= 0.6 is 0 Å². The van der Waals surface area contributed by atoms with Gasteiger partial charge >= 0.3 is 0 Å². The summed E-state index contributed by atoms with van der Waals surface area (Å²) in [5.74, 6) is -1.53. The molecule has 2 aliphatic rings. The van der Waals surface area contributed by atoms with Crippen LogP contribution in [0.4, 0.5) is 32.1 Å². The molecule has 2 N–H and O–H groups in total. The second-order valence-electron chi connectivity index (χ2n) is 10.7. The molecule has 42 heavy (non-hydrogen) atoms. The van der Waals surface area contributed by atoms with Crippen LogP contribution in [0.2, 0.25) is 0 Å². The molecule has 0 spiro atoms. The molecule has 0 atom stereocenters. The molecule has 15 heteroatoms. The number of anilines is 4. The van der Waals surface area contributed by atoms with Crippen LogP contribution in [0.5, 0.6) is 0 Å². The molecule has 1 aliphatic heterocycles. The third-order valence-electron chi connectivity index (χ3n) is 7.47. The molecule has 0 unspecified atom stereocenters. The van der Waals surface area contributed by atoms with E-state index in [-0.39, 0.29) is 17.8 Å². The molecule has 0 bridgehead atoms. The van der Waals surface area contributed by atoms with Crippen molar-refractivity contribution in [2.24, 2.45) is 7.05 Å². The number of benzene rings is 1. The number of H-pyrrole nitrogens is 1. The number of sulfone groups is 1. The maximum Gasteiger partial charge on any atom is 0.272 e. The molecule has 1 aliphatic carbocycles. The Morgan fingerprint density at radius 1 is 1.14 bits per heavy atom. The molecule has 1 amide bonds. The summed E-state index contributed by atoms with van der Waals surface area (Å²) in [7, 11) is -0.789. The van der Waals surface area contributed by atoms with Crippen molar-refractivity contribution in [2.75, 3.05) is 36.6 Å². The number of aromatic nitrogens is 6. The highest BCUT2D eigenvalue weighted by Gasteiger charge is 2.36. The van der Waals surface area contributed by atoms with E-state index >= 15 is 8.78 Å². The number of amides is 1. The Morgan fingerprint density at radius 2 is 1.83 bits per heavy atom. The predicted octanol–water partition coefficient (Wildman–Crippen LogP) is 3.83. The highest BCUT2D eigenvalue weighted by Crippen LogP contribution is 2.48. The number of aromatic amines is 1. The normalized spacial score (nSPS) is 15.0. The Kier molecular flexibility index (Phi) is 6.71. The minimum Gasteiger partial charge on any atom is -0.337 e. The first-order valence-electron chi connectivity index (χ1n) is 13.4. The number of hydrogen-bond donors (Lipinski definition) is 2. The monoisotopic (exact) mass is 597 g/mol. The Labute approximate surface area is 240 Å².